The molecule has 0 saturated carbocycles. The minimum atomic E-state index is 0.885. The van der Waals surface area contributed by atoms with Crippen LogP contribution in [0.2, 0.25) is 0 Å². The van der Waals surface area contributed by atoms with E-state index in [1.165, 1.54) is 6.33 Å². The lowest BCUT2D eigenvalue weighted by molar-refractivity contribution is 0.668. The Bertz CT molecular complexity index is 442. The second-order valence-corrected chi connectivity index (χ2v) is 4.69. The molecule has 0 radical (unpaired) electrons. The zero-order valence-electron chi connectivity index (χ0n) is 9.76. The maximum absolute atomic E-state index is 4.16. The zero-order chi connectivity index (χ0) is 11.9. The molecule has 0 bridgehead atoms. The minimum Gasteiger partial charge on any atom is -0.316 e. The zero-order valence-corrected chi connectivity index (χ0v) is 10.6. The van der Waals surface area contributed by atoms with Crippen LogP contribution in [0.3, 0.4) is 0 Å². The van der Waals surface area contributed by atoms with E-state index in [0.717, 1.165) is 41.5 Å². The van der Waals surface area contributed by atoms with Gasteiger partial charge in [0.25, 0.3) is 0 Å². The van der Waals surface area contributed by atoms with Gasteiger partial charge in [-0.25, -0.2) is 9.97 Å². The van der Waals surface area contributed by atoms with Gasteiger partial charge in [0.2, 0.25) is 0 Å². The largest absolute Gasteiger partial charge is 0.316 e. The Kier molecular flexibility index (Phi) is 4.52. The molecule has 2 rings (SSSR count). The summed E-state index contributed by atoms with van der Waals surface area (Å²) in [7, 11) is 0. The smallest absolute Gasteiger partial charge is 0.150 e. The Morgan fingerprint density at radius 1 is 1.18 bits per heavy atom. The van der Waals surface area contributed by atoms with Crippen LogP contribution in [0.15, 0.2) is 18.7 Å². The Balaban J connectivity index is 1.92. The van der Waals surface area contributed by atoms with Gasteiger partial charge in [-0.15, -0.1) is 10.2 Å². The van der Waals surface area contributed by atoms with Crippen molar-refractivity contribution in [3.63, 3.8) is 0 Å². The minimum absolute atomic E-state index is 0.885. The van der Waals surface area contributed by atoms with E-state index in [-0.39, 0.29) is 0 Å². The Morgan fingerprint density at radius 3 is 2.76 bits per heavy atom. The number of nitrogens with zero attached hydrogens (tertiary/aromatic N) is 4. The van der Waals surface area contributed by atoms with Crippen LogP contribution in [0.25, 0.3) is 10.6 Å². The van der Waals surface area contributed by atoms with E-state index >= 15 is 0 Å². The molecular formula is C11H15N5S. The summed E-state index contributed by atoms with van der Waals surface area (Å²) in [5, 5.41) is 13.6. The molecule has 0 fully saturated rings. The third kappa shape index (κ3) is 3.54. The number of hydrogen-bond acceptors (Lipinski definition) is 6. The molecule has 17 heavy (non-hydrogen) atoms. The SMILES string of the molecule is CCCNCCc1nnc(-c2cncnc2)s1. The molecule has 0 aliphatic heterocycles. The maximum atomic E-state index is 4.16. The molecular weight excluding hydrogens is 234 g/mol. The summed E-state index contributed by atoms with van der Waals surface area (Å²) >= 11 is 1.60. The van der Waals surface area contributed by atoms with Gasteiger partial charge < -0.3 is 5.32 Å². The van der Waals surface area contributed by atoms with E-state index in [2.05, 4.69) is 32.4 Å². The summed E-state index contributed by atoms with van der Waals surface area (Å²) < 4.78 is 0. The first-order valence-corrected chi connectivity index (χ1v) is 6.50. The Hall–Kier alpha value is -1.40. The molecule has 2 aromatic heterocycles. The molecule has 0 spiro atoms. The van der Waals surface area contributed by atoms with Crippen molar-refractivity contribution in [1.82, 2.24) is 25.5 Å². The number of hydrogen-bond donors (Lipinski definition) is 1. The second kappa shape index (κ2) is 6.36. The van der Waals surface area contributed by atoms with Crippen molar-refractivity contribution >= 4 is 11.3 Å². The normalized spacial score (nSPS) is 10.6. The van der Waals surface area contributed by atoms with Crippen molar-refractivity contribution in [2.24, 2.45) is 0 Å². The van der Waals surface area contributed by atoms with Crippen LogP contribution in [-0.2, 0) is 6.42 Å². The van der Waals surface area contributed by atoms with Gasteiger partial charge in [0.15, 0.2) is 5.01 Å². The van der Waals surface area contributed by atoms with Crippen molar-refractivity contribution in [2.75, 3.05) is 13.1 Å². The molecule has 0 aromatic carbocycles. The molecule has 0 aliphatic carbocycles. The second-order valence-electron chi connectivity index (χ2n) is 3.63. The maximum Gasteiger partial charge on any atom is 0.150 e. The molecule has 6 heteroatoms. The fourth-order valence-corrected chi connectivity index (χ4v) is 2.19. The third-order valence-corrected chi connectivity index (χ3v) is 3.25. The van der Waals surface area contributed by atoms with Crippen molar-refractivity contribution in [1.29, 1.82) is 0 Å². The van der Waals surface area contributed by atoms with E-state index in [0.29, 0.717) is 0 Å². The molecule has 90 valence electrons. The van der Waals surface area contributed by atoms with Gasteiger partial charge in [-0.3, -0.25) is 0 Å². The number of aromatic nitrogens is 4. The van der Waals surface area contributed by atoms with E-state index in [1.54, 1.807) is 23.7 Å². The lowest BCUT2D eigenvalue weighted by atomic mass is 10.4. The standard InChI is InChI=1S/C11H15N5S/c1-2-4-12-5-3-10-15-16-11(17-10)9-6-13-8-14-7-9/h6-8,12H,2-5H2,1H3. The van der Waals surface area contributed by atoms with Crippen molar-refractivity contribution < 1.29 is 0 Å². The van der Waals surface area contributed by atoms with Crippen LogP contribution in [0.5, 0.6) is 0 Å². The summed E-state index contributed by atoms with van der Waals surface area (Å²) in [6, 6.07) is 0. The first kappa shape index (κ1) is 12.1. The van der Waals surface area contributed by atoms with Crippen LogP contribution in [0.1, 0.15) is 18.4 Å². The van der Waals surface area contributed by atoms with Crippen molar-refractivity contribution in [2.45, 2.75) is 19.8 Å². The topological polar surface area (TPSA) is 63.6 Å². The van der Waals surface area contributed by atoms with E-state index in [9.17, 15) is 0 Å². The van der Waals surface area contributed by atoms with Crippen LogP contribution in [0, 0.1) is 0 Å². The van der Waals surface area contributed by atoms with Crippen LogP contribution in [0.4, 0.5) is 0 Å². The Morgan fingerprint density at radius 2 is 2.00 bits per heavy atom. The summed E-state index contributed by atoms with van der Waals surface area (Å²) in [5.74, 6) is 0. The monoisotopic (exact) mass is 249 g/mol. The highest BCUT2D eigenvalue weighted by atomic mass is 32.1. The fraction of sp³-hybridized carbons (Fsp3) is 0.455. The van der Waals surface area contributed by atoms with Crippen LogP contribution in [-0.4, -0.2) is 33.3 Å². The van der Waals surface area contributed by atoms with Gasteiger partial charge in [-0.2, -0.15) is 0 Å². The quantitative estimate of drug-likeness (QED) is 0.787. The Labute approximate surface area is 104 Å². The summed E-state index contributed by atoms with van der Waals surface area (Å²) in [5.41, 5.74) is 0.928. The predicted molar refractivity (Wildman–Crippen MR) is 67.8 cm³/mol. The van der Waals surface area contributed by atoms with Crippen molar-refractivity contribution in [3.05, 3.63) is 23.7 Å². The average Bonchev–Trinajstić information content (AvgIpc) is 2.85. The highest BCUT2D eigenvalue weighted by Crippen LogP contribution is 2.21. The van der Waals surface area contributed by atoms with Crippen molar-refractivity contribution in [3.8, 4) is 10.6 Å². The van der Waals surface area contributed by atoms with Gasteiger partial charge in [-0.05, 0) is 13.0 Å². The molecule has 0 saturated heterocycles. The lowest BCUT2D eigenvalue weighted by Gasteiger charge is -1.98. The molecule has 0 amide bonds. The molecule has 2 heterocycles. The number of nitrogens with one attached hydrogen (secondary N) is 1. The molecule has 1 N–H and O–H groups in total. The predicted octanol–water partition coefficient (Wildman–Crippen LogP) is 1.54. The first-order valence-electron chi connectivity index (χ1n) is 5.68. The molecule has 2 aromatic rings. The van der Waals surface area contributed by atoms with Gasteiger partial charge >= 0.3 is 0 Å². The molecule has 0 aliphatic rings. The van der Waals surface area contributed by atoms with Gasteiger partial charge in [0, 0.05) is 30.9 Å². The number of rotatable bonds is 6. The average molecular weight is 249 g/mol. The van der Waals surface area contributed by atoms with E-state index in [4.69, 9.17) is 0 Å². The molecule has 5 nitrogen and oxygen atoms in total. The fourth-order valence-electron chi connectivity index (χ4n) is 1.38. The van der Waals surface area contributed by atoms with Crippen LogP contribution >= 0.6 is 11.3 Å². The van der Waals surface area contributed by atoms with E-state index < -0.39 is 0 Å². The first-order chi connectivity index (χ1) is 8.40. The molecule has 0 unspecified atom stereocenters. The summed E-state index contributed by atoms with van der Waals surface area (Å²) in [6.45, 7) is 4.16. The van der Waals surface area contributed by atoms with Crippen LogP contribution < -0.4 is 5.32 Å². The van der Waals surface area contributed by atoms with Gasteiger partial charge in [-0.1, -0.05) is 18.3 Å². The van der Waals surface area contributed by atoms with Gasteiger partial charge in [0.1, 0.15) is 11.3 Å². The molecule has 0 atom stereocenters. The highest BCUT2D eigenvalue weighted by Gasteiger charge is 2.06. The third-order valence-electron chi connectivity index (χ3n) is 2.22. The van der Waals surface area contributed by atoms with Gasteiger partial charge in [0.05, 0.1) is 0 Å². The highest BCUT2D eigenvalue weighted by molar-refractivity contribution is 7.14. The summed E-state index contributed by atoms with van der Waals surface area (Å²) in [4.78, 5) is 7.94. The van der Waals surface area contributed by atoms with E-state index in [1.807, 2.05) is 0 Å². The summed E-state index contributed by atoms with van der Waals surface area (Å²) in [6.07, 6.45) is 7.10. The lowest BCUT2D eigenvalue weighted by Crippen LogP contribution is -2.17.